The van der Waals surface area contributed by atoms with Crippen LogP contribution in [0.25, 0.3) is 0 Å². The van der Waals surface area contributed by atoms with Gasteiger partial charge in [-0.1, -0.05) is 97.3 Å². The Morgan fingerprint density at radius 1 is 0.600 bits per heavy atom. The van der Waals surface area contributed by atoms with E-state index in [4.69, 9.17) is 9.84 Å². The van der Waals surface area contributed by atoms with Crippen molar-refractivity contribution >= 4 is 11.9 Å². The van der Waals surface area contributed by atoms with E-state index in [1.54, 1.807) is 0 Å². The zero-order chi connectivity index (χ0) is 22.3. The summed E-state index contributed by atoms with van der Waals surface area (Å²) in [6.07, 6.45) is 22.9. The molecule has 0 aromatic carbocycles. The van der Waals surface area contributed by atoms with Crippen molar-refractivity contribution < 1.29 is 19.4 Å². The second-order valence-corrected chi connectivity index (χ2v) is 8.89. The largest absolute Gasteiger partial charge is 0.481 e. The topological polar surface area (TPSA) is 63.6 Å². The van der Waals surface area contributed by atoms with E-state index in [-0.39, 0.29) is 18.5 Å². The fraction of sp³-hybridized carbons (Fsp3) is 0.923. The summed E-state index contributed by atoms with van der Waals surface area (Å²) in [7, 11) is 0. The van der Waals surface area contributed by atoms with Crippen LogP contribution in [0.4, 0.5) is 0 Å². The Balaban J connectivity index is 4.05. The fourth-order valence-electron chi connectivity index (χ4n) is 3.89. The summed E-state index contributed by atoms with van der Waals surface area (Å²) in [6, 6.07) is 0. The molecule has 0 aromatic rings. The van der Waals surface area contributed by atoms with Crippen LogP contribution in [-0.2, 0) is 14.3 Å². The quantitative estimate of drug-likeness (QED) is 0.132. The molecule has 0 bridgehead atoms. The molecular weight excluding hydrogens is 376 g/mol. The van der Waals surface area contributed by atoms with Crippen LogP contribution in [0.5, 0.6) is 0 Å². The summed E-state index contributed by atoms with van der Waals surface area (Å²) in [5.41, 5.74) is 0. The number of aliphatic carboxylic acids is 1. The standard InChI is InChI=1S/C26H50O4/c1-3-5-7-9-11-13-15-17-21-24(20-16-14-12-10-8-6-4-2)30-26(29)23-19-18-22-25(27)28/h24H,3-23H2,1-2H3,(H,27,28). The molecule has 178 valence electrons. The van der Waals surface area contributed by atoms with Gasteiger partial charge in [-0.25, -0.2) is 0 Å². The van der Waals surface area contributed by atoms with Gasteiger partial charge in [0, 0.05) is 12.8 Å². The molecule has 1 unspecified atom stereocenters. The molecule has 1 atom stereocenters. The van der Waals surface area contributed by atoms with E-state index in [9.17, 15) is 9.59 Å². The van der Waals surface area contributed by atoms with E-state index in [2.05, 4.69) is 13.8 Å². The van der Waals surface area contributed by atoms with Crippen LogP contribution < -0.4 is 0 Å². The fourth-order valence-corrected chi connectivity index (χ4v) is 3.89. The van der Waals surface area contributed by atoms with Gasteiger partial charge in [-0.3, -0.25) is 9.59 Å². The predicted molar refractivity (Wildman–Crippen MR) is 126 cm³/mol. The van der Waals surface area contributed by atoms with Gasteiger partial charge >= 0.3 is 11.9 Å². The van der Waals surface area contributed by atoms with Gasteiger partial charge in [0.1, 0.15) is 6.10 Å². The zero-order valence-electron chi connectivity index (χ0n) is 20.1. The number of esters is 1. The Morgan fingerprint density at radius 3 is 1.43 bits per heavy atom. The van der Waals surface area contributed by atoms with Crippen LogP contribution >= 0.6 is 0 Å². The second-order valence-electron chi connectivity index (χ2n) is 8.89. The molecule has 0 rings (SSSR count). The van der Waals surface area contributed by atoms with Crippen molar-refractivity contribution in [3.05, 3.63) is 0 Å². The van der Waals surface area contributed by atoms with Crippen LogP contribution in [0.1, 0.15) is 149 Å². The van der Waals surface area contributed by atoms with Gasteiger partial charge in [0.15, 0.2) is 0 Å². The Labute approximate surface area is 186 Å². The molecule has 4 heteroatoms. The number of carbonyl (C=O) groups is 2. The summed E-state index contributed by atoms with van der Waals surface area (Å²) in [6.45, 7) is 4.49. The number of carboxylic acid groups (broad SMARTS) is 1. The van der Waals surface area contributed by atoms with Crippen molar-refractivity contribution in [3.8, 4) is 0 Å². The molecule has 0 radical (unpaired) electrons. The van der Waals surface area contributed by atoms with Gasteiger partial charge in [-0.15, -0.1) is 0 Å². The van der Waals surface area contributed by atoms with Crippen LogP contribution in [-0.4, -0.2) is 23.1 Å². The van der Waals surface area contributed by atoms with Crippen molar-refractivity contribution in [1.82, 2.24) is 0 Å². The highest BCUT2D eigenvalue weighted by Gasteiger charge is 2.14. The molecule has 0 aliphatic heterocycles. The van der Waals surface area contributed by atoms with Crippen LogP contribution in [0.15, 0.2) is 0 Å². The number of unbranched alkanes of at least 4 members (excludes halogenated alkanes) is 14. The Bertz CT molecular complexity index is 394. The van der Waals surface area contributed by atoms with Crippen molar-refractivity contribution in [2.24, 2.45) is 0 Å². The predicted octanol–water partition coefficient (Wildman–Crippen LogP) is 8.21. The van der Waals surface area contributed by atoms with Crippen molar-refractivity contribution in [1.29, 1.82) is 0 Å². The lowest BCUT2D eigenvalue weighted by Gasteiger charge is -2.18. The molecule has 0 spiro atoms. The summed E-state index contributed by atoms with van der Waals surface area (Å²) in [5.74, 6) is -0.942. The van der Waals surface area contributed by atoms with Crippen LogP contribution in [0.2, 0.25) is 0 Å². The minimum absolute atomic E-state index is 0.0488. The monoisotopic (exact) mass is 426 g/mol. The molecule has 0 saturated heterocycles. The molecule has 0 fully saturated rings. The third kappa shape index (κ3) is 21.6. The van der Waals surface area contributed by atoms with E-state index in [1.807, 2.05) is 0 Å². The number of rotatable bonds is 23. The zero-order valence-corrected chi connectivity index (χ0v) is 20.1. The van der Waals surface area contributed by atoms with Gasteiger partial charge in [0.05, 0.1) is 0 Å². The lowest BCUT2D eigenvalue weighted by Crippen LogP contribution is -2.18. The van der Waals surface area contributed by atoms with Gasteiger partial charge in [-0.05, 0) is 38.5 Å². The van der Waals surface area contributed by atoms with Crippen molar-refractivity contribution in [2.75, 3.05) is 0 Å². The molecule has 0 aromatic heterocycles. The Kier molecular flexibility index (Phi) is 21.8. The smallest absolute Gasteiger partial charge is 0.306 e. The summed E-state index contributed by atoms with van der Waals surface area (Å²) in [5, 5.41) is 8.70. The normalized spacial score (nSPS) is 12.1. The molecule has 0 aliphatic carbocycles. The Hall–Kier alpha value is -1.06. The molecule has 0 saturated carbocycles. The molecule has 4 nitrogen and oxygen atoms in total. The summed E-state index contributed by atoms with van der Waals surface area (Å²) >= 11 is 0. The highest BCUT2D eigenvalue weighted by molar-refractivity contribution is 5.70. The van der Waals surface area contributed by atoms with E-state index in [0.717, 1.165) is 25.7 Å². The minimum Gasteiger partial charge on any atom is -0.481 e. The summed E-state index contributed by atoms with van der Waals surface area (Å²) in [4.78, 5) is 22.8. The first-order valence-electron chi connectivity index (χ1n) is 13.0. The highest BCUT2D eigenvalue weighted by Crippen LogP contribution is 2.18. The number of hydrogen-bond acceptors (Lipinski definition) is 3. The van der Waals surface area contributed by atoms with E-state index in [1.165, 1.54) is 83.5 Å². The number of carboxylic acids is 1. The molecule has 0 heterocycles. The molecule has 1 N–H and O–H groups in total. The maximum atomic E-state index is 12.2. The maximum absolute atomic E-state index is 12.2. The lowest BCUT2D eigenvalue weighted by molar-refractivity contribution is -0.150. The van der Waals surface area contributed by atoms with Gasteiger partial charge in [0.25, 0.3) is 0 Å². The molecular formula is C26H50O4. The average Bonchev–Trinajstić information content (AvgIpc) is 2.72. The first kappa shape index (κ1) is 28.9. The van der Waals surface area contributed by atoms with Crippen molar-refractivity contribution in [2.45, 2.75) is 155 Å². The van der Waals surface area contributed by atoms with Crippen LogP contribution in [0, 0.1) is 0 Å². The van der Waals surface area contributed by atoms with E-state index < -0.39 is 5.97 Å². The van der Waals surface area contributed by atoms with Gasteiger partial charge < -0.3 is 9.84 Å². The Morgan fingerprint density at radius 2 is 1.00 bits per heavy atom. The van der Waals surface area contributed by atoms with E-state index >= 15 is 0 Å². The third-order valence-corrected chi connectivity index (χ3v) is 5.83. The average molecular weight is 427 g/mol. The first-order chi connectivity index (χ1) is 14.6. The van der Waals surface area contributed by atoms with Gasteiger partial charge in [0.2, 0.25) is 0 Å². The third-order valence-electron chi connectivity index (χ3n) is 5.83. The highest BCUT2D eigenvalue weighted by atomic mass is 16.5. The molecule has 0 amide bonds. The van der Waals surface area contributed by atoms with E-state index in [0.29, 0.717) is 19.3 Å². The second kappa shape index (κ2) is 22.6. The number of ether oxygens (including phenoxy) is 1. The number of carbonyl (C=O) groups excluding carboxylic acids is 1. The number of hydrogen-bond donors (Lipinski definition) is 1. The summed E-state index contributed by atoms with van der Waals surface area (Å²) < 4.78 is 5.78. The lowest BCUT2D eigenvalue weighted by atomic mass is 10.0. The minimum atomic E-state index is -0.796. The maximum Gasteiger partial charge on any atom is 0.306 e. The van der Waals surface area contributed by atoms with Crippen molar-refractivity contribution in [3.63, 3.8) is 0 Å². The van der Waals surface area contributed by atoms with Gasteiger partial charge in [-0.2, -0.15) is 0 Å². The molecule has 0 aliphatic rings. The van der Waals surface area contributed by atoms with Crippen LogP contribution in [0.3, 0.4) is 0 Å². The SMILES string of the molecule is CCCCCCCCCCC(CCCCCCCCC)OC(=O)CCCCC(=O)O. The molecule has 30 heavy (non-hydrogen) atoms. The first-order valence-corrected chi connectivity index (χ1v) is 13.0.